The van der Waals surface area contributed by atoms with Gasteiger partial charge in [0.25, 0.3) is 5.82 Å². The van der Waals surface area contributed by atoms with Gasteiger partial charge in [-0.25, -0.2) is 0 Å². The Morgan fingerprint density at radius 2 is 2.00 bits per heavy atom. The molecular formula is C17H21ClN6O5. The Hall–Kier alpha value is -3.34. The number of nitro groups is 1. The third-order valence-electron chi connectivity index (χ3n) is 4.66. The first kappa shape index (κ1) is 22.0. The Bertz CT molecular complexity index is 971. The topological polar surface area (TPSA) is 160 Å². The van der Waals surface area contributed by atoms with Crippen molar-refractivity contribution in [3.05, 3.63) is 49.8 Å². The molecule has 1 aromatic carbocycles. The van der Waals surface area contributed by atoms with Crippen molar-refractivity contribution in [1.82, 2.24) is 9.97 Å². The molecule has 29 heavy (non-hydrogen) atoms. The number of benzene rings is 1. The van der Waals surface area contributed by atoms with Crippen molar-refractivity contribution in [3.8, 4) is 5.75 Å². The van der Waals surface area contributed by atoms with Crippen LogP contribution in [-0.4, -0.2) is 31.3 Å². The number of nitrogens with zero attached hydrogens (tertiary/aromatic N) is 4. The lowest BCUT2D eigenvalue weighted by molar-refractivity contribution is -0.386. The summed E-state index contributed by atoms with van der Waals surface area (Å²) in [6, 6.07) is 6.21. The summed E-state index contributed by atoms with van der Waals surface area (Å²) < 4.78 is 0. The number of aromatic amines is 1. The van der Waals surface area contributed by atoms with Gasteiger partial charge in [-0.05, 0) is 44.0 Å². The van der Waals surface area contributed by atoms with Gasteiger partial charge in [-0.15, -0.1) is 0 Å². The standard InChI is InChI=1S/C17H21ClN6O5/c1-4-17(5-2,10(3)22-26)23(29-12-8-6-11(18)7-9-12)14-13(24(27)28)15(25)21-16(19)20-14/h6-9,26H,4-5H2,1-3H3,(H3,19,20,21,25)/b22-10+. The number of hydrogen-bond acceptors (Lipinski definition) is 9. The predicted octanol–water partition coefficient (Wildman–Crippen LogP) is 3.12. The molecule has 12 heteroatoms. The van der Waals surface area contributed by atoms with Crippen molar-refractivity contribution < 1.29 is 15.0 Å². The van der Waals surface area contributed by atoms with Gasteiger partial charge in [0.2, 0.25) is 5.95 Å². The first-order valence-electron chi connectivity index (χ1n) is 8.67. The van der Waals surface area contributed by atoms with Crippen LogP contribution in [0.2, 0.25) is 5.02 Å². The zero-order valence-electron chi connectivity index (χ0n) is 16.0. The maximum absolute atomic E-state index is 12.3. The van der Waals surface area contributed by atoms with Crippen LogP contribution in [0.15, 0.2) is 34.2 Å². The second kappa shape index (κ2) is 8.78. The van der Waals surface area contributed by atoms with Crippen LogP contribution in [0, 0.1) is 10.1 Å². The molecule has 0 spiro atoms. The number of anilines is 2. The largest absolute Gasteiger partial charge is 0.411 e. The van der Waals surface area contributed by atoms with Crippen molar-refractivity contribution >= 4 is 34.8 Å². The van der Waals surface area contributed by atoms with Crippen molar-refractivity contribution in [2.24, 2.45) is 5.16 Å². The summed E-state index contributed by atoms with van der Waals surface area (Å²) in [6.07, 6.45) is 0.608. The van der Waals surface area contributed by atoms with E-state index in [1.165, 1.54) is 6.92 Å². The number of oxime groups is 1. The smallest absolute Gasteiger partial charge is 0.379 e. The van der Waals surface area contributed by atoms with E-state index in [2.05, 4.69) is 15.1 Å². The van der Waals surface area contributed by atoms with E-state index in [0.717, 1.165) is 5.06 Å². The Balaban J connectivity index is 2.82. The maximum atomic E-state index is 12.3. The maximum Gasteiger partial charge on any atom is 0.379 e. The normalized spacial score (nSPS) is 11.9. The summed E-state index contributed by atoms with van der Waals surface area (Å²) in [6.45, 7) is 5.09. The lowest BCUT2D eigenvalue weighted by atomic mass is 9.87. The van der Waals surface area contributed by atoms with Crippen LogP contribution in [0.5, 0.6) is 5.75 Å². The second-order valence-corrected chi connectivity index (χ2v) is 6.58. The minimum absolute atomic E-state index is 0.200. The van der Waals surface area contributed by atoms with Crippen molar-refractivity contribution in [2.75, 3.05) is 10.8 Å². The molecule has 0 unspecified atom stereocenters. The first-order valence-corrected chi connectivity index (χ1v) is 9.05. The van der Waals surface area contributed by atoms with Gasteiger partial charge in [0.05, 0.1) is 10.6 Å². The summed E-state index contributed by atoms with van der Waals surface area (Å²) in [7, 11) is 0. The molecule has 2 aromatic rings. The van der Waals surface area contributed by atoms with Crippen LogP contribution >= 0.6 is 11.6 Å². The van der Waals surface area contributed by atoms with Gasteiger partial charge >= 0.3 is 11.2 Å². The Kier molecular flexibility index (Phi) is 6.64. The van der Waals surface area contributed by atoms with E-state index in [1.54, 1.807) is 38.1 Å². The Morgan fingerprint density at radius 1 is 1.41 bits per heavy atom. The fraction of sp³-hybridized carbons (Fsp3) is 0.353. The SMILES string of the molecule is CCC(CC)(/C(C)=N/O)N(Oc1ccc(Cl)cc1)c1nc(N)[nH]c(=O)c1[N+](=O)[O-]. The van der Waals surface area contributed by atoms with Crippen LogP contribution in [0.3, 0.4) is 0 Å². The number of H-pyrrole nitrogens is 1. The van der Waals surface area contributed by atoms with Gasteiger partial charge < -0.3 is 15.8 Å². The van der Waals surface area contributed by atoms with E-state index in [9.17, 15) is 20.1 Å². The van der Waals surface area contributed by atoms with E-state index in [4.69, 9.17) is 22.2 Å². The third kappa shape index (κ3) is 4.24. The molecular weight excluding hydrogens is 404 g/mol. The second-order valence-electron chi connectivity index (χ2n) is 6.14. The predicted molar refractivity (Wildman–Crippen MR) is 109 cm³/mol. The zero-order chi connectivity index (χ0) is 21.8. The van der Waals surface area contributed by atoms with Crippen molar-refractivity contribution in [1.29, 1.82) is 0 Å². The minimum atomic E-state index is -1.17. The number of halogens is 1. The van der Waals surface area contributed by atoms with Crippen molar-refractivity contribution in [2.45, 2.75) is 39.2 Å². The Labute approximate surface area is 170 Å². The van der Waals surface area contributed by atoms with E-state index in [-0.39, 0.29) is 17.4 Å². The molecule has 156 valence electrons. The number of aromatic nitrogens is 2. The minimum Gasteiger partial charge on any atom is -0.411 e. The molecule has 11 nitrogen and oxygen atoms in total. The summed E-state index contributed by atoms with van der Waals surface area (Å²) >= 11 is 5.91. The van der Waals surface area contributed by atoms with Gasteiger partial charge in [0, 0.05) is 5.02 Å². The van der Waals surface area contributed by atoms with E-state index in [1.807, 2.05) is 0 Å². The lowest BCUT2D eigenvalue weighted by Crippen LogP contribution is -2.56. The van der Waals surface area contributed by atoms with Crippen LogP contribution in [-0.2, 0) is 0 Å². The summed E-state index contributed by atoms with van der Waals surface area (Å²) in [5, 5.41) is 25.9. The van der Waals surface area contributed by atoms with E-state index in [0.29, 0.717) is 17.9 Å². The quantitative estimate of drug-likeness (QED) is 0.252. The van der Waals surface area contributed by atoms with Gasteiger partial charge in [-0.3, -0.25) is 19.9 Å². The molecule has 1 heterocycles. The number of hydrogen-bond donors (Lipinski definition) is 3. The Morgan fingerprint density at radius 3 is 2.48 bits per heavy atom. The number of rotatable bonds is 8. The molecule has 1 aromatic heterocycles. The molecule has 0 bridgehead atoms. The molecule has 4 N–H and O–H groups in total. The average molecular weight is 425 g/mol. The summed E-state index contributed by atoms with van der Waals surface area (Å²) in [5.74, 6) is -0.487. The highest BCUT2D eigenvalue weighted by Gasteiger charge is 2.44. The average Bonchev–Trinajstić information content (AvgIpc) is 2.68. The first-order chi connectivity index (χ1) is 13.7. The van der Waals surface area contributed by atoms with Gasteiger partial charge in [-0.2, -0.15) is 10.0 Å². The molecule has 0 fully saturated rings. The zero-order valence-corrected chi connectivity index (χ0v) is 16.8. The molecule has 0 saturated carbocycles. The molecule has 0 radical (unpaired) electrons. The fourth-order valence-corrected chi connectivity index (χ4v) is 3.13. The van der Waals surface area contributed by atoms with Gasteiger partial charge in [0.1, 0.15) is 5.54 Å². The summed E-state index contributed by atoms with van der Waals surface area (Å²) in [5.41, 5.74) is 2.78. The molecule has 0 aliphatic rings. The van der Waals surface area contributed by atoms with Crippen molar-refractivity contribution in [3.63, 3.8) is 0 Å². The molecule has 0 aliphatic heterocycles. The molecule has 0 aliphatic carbocycles. The van der Waals surface area contributed by atoms with E-state index >= 15 is 0 Å². The monoisotopic (exact) mass is 424 g/mol. The van der Waals surface area contributed by atoms with Crippen LogP contribution < -0.4 is 21.2 Å². The van der Waals surface area contributed by atoms with Gasteiger partial charge in [-0.1, -0.05) is 30.6 Å². The molecule has 0 amide bonds. The number of hydroxylamine groups is 1. The fourth-order valence-electron chi connectivity index (χ4n) is 3.00. The lowest BCUT2D eigenvalue weighted by Gasteiger charge is -2.41. The molecule has 0 saturated heterocycles. The number of nitrogens with one attached hydrogen (secondary N) is 1. The van der Waals surface area contributed by atoms with Crippen LogP contribution in [0.1, 0.15) is 33.6 Å². The third-order valence-corrected chi connectivity index (χ3v) is 4.91. The van der Waals surface area contributed by atoms with Crippen LogP contribution in [0.25, 0.3) is 0 Å². The summed E-state index contributed by atoms with van der Waals surface area (Å²) in [4.78, 5) is 35.0. The molecule has 2 rings (SSSR count). The molecule has 0 atom stereocenters. The number of nitrogen functional groups attached to an aromatic ring is 1. The van der Waals surface area contributed by atoms with Gasteiger partial charge in [0.15, 0.2) is 5.75 Å². The number of nitrogens with two attached hydrogens (primary N) is 1. The van der Waals surface area contributed by atoms with Crippen LogP contribution in [0.4, 0.5) is 17.5 Å². The highest BCUT2D eigenvalue weighted by Crippen LogP contribution is 2.35. The highest BCUT2D eigenvalue weighted by molar-refractivity contribution is 6.30. The van der Waals surface area contributed by atoms with E-state index < -0.39 is 27.5 Å². The highest BCUT2D eigenvalue weighted by atomic mass is 35.5.